The molecule has 47 heavy (non-hydrogen) atoms. The molecule has 240 valence electrons. The van der Waals surface area contributed by atoms with Gasteiger partial charge in [0.1, 0.15) is 30.5 Å². The van der Waals surface area contributed by atoms with Crippen LogP contribution in [0.1, 0.15) is 27.8 Å². The van der Waals surface area contributed by atoms with Crippen LogP contribution in [-0.2, 0) is 61.5 Å². The normalized spacial score (nSPS) is 21.0. The van der Waals surface area contributed by atoms with Crippen LogP contribution >= 0.6 is 0 Å². The van der Waals surface area contributed by atoms with Crippen molar-refractivity contribution in [2.75, 3.05) is 0 Å². The Morgan fingerprint density at radius 2 is 0.553 bits per heavy atom. The molecule has 5 atom stereocenters. The zero-order valence-corrected chi connectivity index (χ0v) is 26.3. The number of hydrogen-bond acceptors (Lipinski definition) is 6. The second-order valence-electron chi connectivity index (χ2n) is 11.6. The first-order chi connectivity index (χ1) is 23.2. The third-order valence-electron chi connectivity index (χ3n) is 8.21. The molecular formula is C41H40O6. The summed E-state index contributed by atoms with van der Waals surface area (Å²) in [5.41, 5.74) is 4.86. The predicted molar refractivity (Wildman–Crippen MR) is 180 cm³/mol. The van der Waals surface area contributed by atoms with E-state index in [4.69, 9.17) is 23.7 Å². The molecule has 0 amide bonds. The zero-order valence-electron chi connectivity index (χ0n) is 26.3. The van der Waals surface area contributed by atoms with Crippen molar-refractivity contribution in [1.82, 2.24) is 0 Å². The minimum Gasteiger partial charge on any atom is -0.368 e. The van der Waals surface area contributed by atoms with Crippen molar-refractivity contribution in [2.45, 2.75) is 63.6 Å². The number of benzene rings is 5. The molecule has 6 rings (SSSR count). The summed E-state index contributed by atoms with van der Waals surface area (Å²) in [6.07, 6.45) is -4.16. The van der Waals surface area contributed by atoms with Gasteiger partial charge in [0.05, 0.1) is 33.0 Å². The summed E-state index contributed by atoms with van der Waals surface area (Å²) >= 11 is 0. The Labute approximate surface area is 276 Å². The molecular weight excluding hydrogens is 588 g/mol. The first-order valence-corrected chi connectivity index (χ1v) is 16.1. The summed E-state index contributed by atoms with van der Waals surface area (Å²) in [6, 6.07) is 49.4. The van der Waals surface area contributed by atoms with E-state index in [0.717, 1.165) is 27.8 Å². The van der Waals surface area contributed by atoms with Gasteiger partial charge in [-0.25, -0.2) is 0 Å². The minimum atomic E-state index is -0.961. The monoisotopic (exact) mass is 628 g/mol. The van der Waals surface area contributed by atoms with Gasteiger partial charge in [-0.1, -0.05) is 152 Å². The van der Waals surface area contributed by atoms with Gasteiger partial charge < -0.3 is 23.7 Å². The molecule has 1 aliphatic rings. The average molecular weight is 629 g/mol. The van der Waals surface area contributed by atoms with E-state index >= 15 is 0 Å². The molecule has 0 saturated heterocycles. The molecule has 0 aromatic heterocycles. The summed E-state index contributed by atoms with van der Waals surface area (Å²) in [5.74, 6) is -0.229. The Morgan fingerprint density at radius 1 is 0.319 bits per heavy atom. The van der Waals surface area contributed by atoms with Gasteiger partial charge in [0.2, 0.25) is 0 Å². The highest BCUT2D eigenvalue weighted by atomic mass is 16.6. The van der Waals surface area contributed by atoms with Crippen LogP contribution in [0.4, 0.5) is 0 Å². The maximum absolute atomic E-state index is 14.6. The third-order valence-corrected chi connectivity index (χ3v) is 8.21. The van der Waals surface area contributed by atoms with Gasteiger partial charge in [-0.3, -0.25) is 4.79 Å². The second-order valence-corrected chi connectivity index (χ2v) is 11.6. The molecule has 6 heteroatoms. The van der Waals surface area contributed by atoms with Crippen molar-refractivity contribution in [3.63, 3.8) is 0 Å². The minimum absolute atomic E-state index is 0.229. The van der Waals surface area contributed by atoms with Gasteiger partial charge in [-0.05, 0) is 27.8 Å². The molecule has 0 N–H and O–H groups in total. The summed E-state index contributed by atoms with van der Waals surface area (Å²) in [5, 5.41) is 0. The highest BCUT2D eigenvalue weighted by molar-refractivity contribution is 5.90. The van der Waals surface area contributed by atoms with Gasteiger partial charge in [0.25, 0.3) is 0 Å². The fourth-order valence-electron chi connectivity index (χ4n) is 5.75. The van der Waals surface area contributed by atoms with Crippen LogP contribution in [-0.4, -0.2) is 36.3 Å². The molecule has 1 aliphatic carbocycles. The van der Waals surface area contributed by atoms with Crippen LogP contribution < -0.4 is 0 Å². The third kappa shape index (κ3) is 9.10. The van der Waals surface area contributed by atoms with Crippen molar-refractivity contribution in [2.24, 2.45) is 0 Å². The molecule has 0 bridgehead atoms. The summed E-state index contributed by atoms with van der Waals surface area (Å²) in [7, 11) is 0. The van der Waals surface area contributed by atoms with E-state index < -0.39 is 30.5 Å². The lowest BCUT2D eigenvalue weighted by molar-refractivity contribution is -0.238. The van der Waals surface area contributed by atoms with E-state index in [0.29, 0.717) is 6.61 Å². The lowest BCUT2D eigenvalue weighted by Gasteiger charge is -2.44. The number of rotatable bonds is 15. The van der Waals surface area contributed by atoms with Crippen LogP contribution in [0, 0.1) is 0 Å². The number of hydrogen-bond donors (Lipinski definition) is 0. The lowest BCUT2D eigenvalue weighted by atomic mass is 9.85. The summed E-state index contributed by atoms with van der Waals surface area (Å²) < 4.78 is 32.9. The van der Waals surface area contributed by atoms with Crippen molar-refractivity contribution in [1.29, 1.82) is 0 Å². The van der Waals surface area contributed by atoms with Crippen LogP contribution in [0.25, 0.3) is 0 Å². The Bertz CT molecular complexity index is 1520. The molecule has 1 fully saturated rings. The van der Waals surface area contributed by atoms with Crippen LogP contribution in [0.5, 0.6) is 0 Å². The standard InChI is InChI=1S/C41H40O6/c42-36-37(43-26-31-16-6-1-7-17-31)39(45-28-33-20-10-3-11-21-33)41(47-30-35-24-14-5-15-25-35)40(46-29-34-22-12-4-13-23-34)38(36)44-27-32-18-8-2-9-19-32/h1-25,37-41H,26-30H2/t37-,38?,39?,40-,41?/m0/s1. The Balaban J connectivity index is 1.35. The van der Waals surface area contributed by atoms with Gasteiger partial charge >= 0.3 is 0 Å². The van der Waals surface area contributed by atoms with Crippen LogP contribution in [0.3, 0.4) is 0 Å². The highest BCUT2D eigenvalue weighted by Crippen LogP contribution is 2.32. The Hall–Kier alpha value is -4.43. The van der Waals surface area contributed by atoms with Crippen LogP contribution in [0.15, 0.2) is 152 Å². The molecule has 0 aliphatic heterocycles. The quantitative estimate of drug-likeness (QED) is 0.120. The zero-order chi connectivity index (χ0) is 32.1. The van der Waals surface area contributed by atoms with Gasteiger partial charge in [0.15, 0.2) is 5.78 Å². The largest absolute Gasteiger partial charge is 0.368 e. The van der Waals surface area contributed by atoms with E-state index in [1.165, 1.54) is 0 Å². The average Bonchev–Trinajstić information content (AvgIpc) is 3.14. The van der Waals surface area contributed by atoms with Gasteiger partial charge in [0, 0.05) is 0 Å². The fourth-order valence-corrected chi connectivity index (χ4v) is 5.75. The maximum atomic E-state index is 14.6. The molecule has 5 aromatic rings. The van der Waals surface area contributed by atoms with Gasteiger partial charge in [-0.15, -0.1) is 0 Å². The molecule has 3 unspecified atom stereocenters. The van der Waals surface area contributed by atoms with Gasteiger partial charge in [-0.2, -0.15) is 0 Å². The van der Waals surface area contributed by atoms with Crippen molar-refractivity contribution in [3.05, 3.63) is 179 Å². The maximum Gasteiger partial charge on any atom is 0.195 e. The fraction of sp³-hybridized carbons (Fsp3) is 0.244. The number of Topliss-reactive ketones (excluding diaryl/α,β-unsaturated/α-hetero) is 1. The number of ether oxygens (including phenoxy) is 5. The van der Waals surface area contributed by atoms with Crippen molar-refractivity contribution in [3.8, 4) is 0 Å². The molecule has 5 aromatic carbocycles. The van der Waals surface area contributed by atoms with E-state index in [2.05, 4.69) is 0 Å². The molecule has 6 nitrogen and oxygen atoms in total. The van der Waals surface area contributed by atoms with Crippen LogP contribution in [0.2, 0.25) is 0 Å². The Kier molecular flexibility index (Phi) is 11.7. The number of ketones is 1. The number of carbonyl (C=O) groups is 1. The predicted octanol–water partition coefficient (Wildman–Crippen LogP) is 7.50. The SMILES string of the molecule is O=C1C(OCc2ccccc2)[C@H](OCc2ccccc2)C(OCc2ccccc2)C(OCc2ccccc2)[C@H]1OCc1ccccc1. The molecule has 0 radical (unpaired) electrons. The van der Waals surface area contributed by atoms with E-state index in [9.17, 15) is 4.79 Å². The Morgan fingerprint density at radius 3 is 0.830 bits per heavy atom. The first-order valence-electron chi connectivity index (χ1n) is 16.1. The second kappa shape index (κ2) is 16.9. The van der Waals surface area contributed by atoms with Crippen molar-refractivity contribution >= 4 is 5.78 Å². The lowest BCUT2D eigenvalue weighted by Crippen LogP contribution is -2.65. The summed E-state index contributed by atoms with van der Waals surface area (Å²) in [6.45, 7) is 1.31. The molecule has 1 saturated carbocycles. The summed E-state index contributed by atoms with van der Waals surface area (Å²) in [4.78, 5) is 14.6. The van der Waals surface area contributed by atoms with Crippen molar-refractivity contribution < 1.29 is 28.5 Å². The molecule has 0 heterocycles. The van der Waals surface area contributed by atoms with E-state index in [1.807, 2.05) is 152 Å². The first kappa shape index (κ1) is 32.5. The topological polar surface area (TPSA) is 63.2 Å². The smallest absolute Gasteiger partial charge is 0.195 e. The highest BCUT2D eigenvalue weighted by Gasteiger charge is 2.54. The number of carbonyl (C=O) groups excluding carboxylic acids is 1. The van der Waals surface area contributed by atoms with E-state index in [-0.39, 0.29) is 32.2 Å². The van der Waals surface area contributed by atoms with E-state index in [1.54, 1.807) is 0 Å². The molecule has 0 spiro atoms.